The second kappa shape index (κ2) is 10.1. The van der Waals surface area contributed by atoms with E-state index in [-0.39, 0.29) is 17.1 Å². The fraction of sp³-hybridized carbons (Fsp3) is 0.241. The maximum Gasteiger partial charge on any atom is 0.300 e. The van der Waals surface area contributed by atoms with Crippen LogP contribution in [0.2, 0.25) is 0 Å². The van der Waals surface area contributed by atoms with Gasteiger partial charge in [-0.15, -0.1) is 0 Å². The van der Waals surface area contributed by atoms with Gasteiger partial charge < -0.3 is 14.9 Å². The minimum absolute atomic E-state index is 0.00166. The zero-order chi connectivity index (χ0) is 25.1. The number of aliphatic hydroxyl groups is 1. The van der Waals surface area contributed by atoms with E-state index in [0.717, 1.165) is 12.0 Å². The molecule has 1 heterocycles. The van der Waals surface area contributed by atoms with Crippen molar-refractivity contribution >= 4 is 23.1 Å². The maximum atomic E-state index is 13.3. The van der Waals surface area contributed by atoms with Crippen LogP contribution in [0.1, 0.15) is 55.8 Å². The molecule has 0 spiro atoms. The fourth-order valence-electron chi connectivity index (χ4n) is 4.24. The molecule has 180 valence electrons. The third kappa shape index (κ3) is 4.78. The topological polar surface area (TPSA) is 87.1 Å². The average molecular weight is 472 g/mol. The van der Waals surface area contributed by atoms with Crippen LogP contribution in [0.5, 0.6) is 11.5 Å². The number of amides is 1. The van der Waals surface area contributed by atoms with E-state index in [1.54, 1.807) is 48.5 Å². The summed E-state index contributed by atoms with van der Waals surface area (Å²) in [6.07, 6.45) is 0.828. The molecule has 0 saturated carbocycles. The number of phenols is 1. The van der Waals surface area contributed by atoms with Gasteiger partial charge >= 0.3 is 0 Å². The van der Waals surface area contributed by atoms with E-state index in [4.69, 9.17) is 4.74 Å². The molecule has 1 aliphatic rings. The predicted octanol–water partition coefficient (Wildman–Crippen LogP) is 5.93. The Balaban J connectivity index is 1.87. The van der Waals surface area contributed by atoms with Crippen molar-refractivity contribution in [2.75, 3.05) is 11.5 Å². The van der Waals surface area contributed by atoms with Crippen molar-refractivity contribution in [3.63, 3.8) is 0 Å². The molecule has 1 atom stereocenters. The van der Waals surface area contributed by atoms with Crippen molar-refractivity contribution in [1.29, 1.82) is 0 Å². The number of anilines is 1. The van der Waals surface area contributed by atoms with Crippen molar-refractivity contribution in [3.8, 4) is 11.5 Å². The molecule has 0 bridgehead atoms. The summed E-state index contributed by atoms with van der Waals surface area (Å²) in [6, 6.07) is 19.7. The zero-order valence-electron chi connectivity index (χ0n) is 20.1. The van der Waals surface area contributed by atoms with Gasteiger partial charge in [-0.2, -0.15) is 0 Å². The summed E-state index contributed by atoms with van der Waals surface area (Å²) in [5.41, 5.74) is 2.47. The first-order chi connectivity index (χ1) is 16.8. The second-order valence-electron chi connectivity index (χ2n) is 8.89. The number of carbonyl (C=O) groups excluding carboxylic acids is 2. The lowest BCUT2D eigenvalue weighted by Crippen LogP contribution is -2.29. The number of carbonyl (C=O) groups is 2. The summed E-state index contributed by atoms with van der Waals surface area (Å²) in [4.78, 5) is 28.0. The lowest BCUT2D eigenvalue weighted by molar-refractivity contribution is -0.132. The van der Waals surface area contributed by atoms with Crippen molar-refractivity contribution in [2.24, 2.45) is 0 Å². The quantitative estimate of drug-likeness (QED) is 0.253. The van der Waals surface area contributed by atoms with Crippen molar-refractivity contribution in [1.82, 2.24) is 0 Å². The summed E-state index contributed by atoms with van der Waals surface area (Å²) < 4.78 is 5.68. The Kier molecular flexibility index (Phi) is 6.92. The van der Waals surface area contributed by atoms with E-state index < -0.39 is 17.7 Å². The van der Waals surface area contributed by atoms with Crippen LogP contribution in [0.4, 0.5) is 5.69 Å². The Morgan fingerprint density at radius 1 is 1.00 bits per heavy atom. The number of ketones is 1. The van der Waals surface area contributed by atoms with Gasteiger partial charge in [-0.25, -0.2) is 0 Å². The fourth-order valence-corrected chi connectivity index (χ4v) is 4.24. The van der Waals surface area contributed by atoms with Crippen LogP contribution >= 0.6 is 0 Å². The van der Waals surface area contributed by atoms with Gasteiger partial charge in [0.2, 0.25) is 0 Å². The first kappa shape index (κ1) is 24.1. The SMILES string of the molecule is CCCOc1cccc(/C(O)=C2/C(=O)C(=O)N(c3ccc(C(C)C)cc3)C2c2cccc(O)c2)c1. The highest BCUT2D eigenvalue weighted by atomic mass is 16.5. The Morgan fingerprint density at radius 2 is 1.71 bits per heavy atom. The number of benzene rings is 3. The second-order valence-corrected chi connectivity index (χ2v) is 8.89. The van der Waals surface area contributed by atoms with Crippen LogP contribution < -0.4 is 9.64 Å². The van der Waals surface area contributed by atoms with E-state index in [1.165, 1.54) is 17.0 Å². The van der Waals surface area contributed by atoms with Gasteiger partial charge in [0.05, 0.1) is 18.2 Å². The first-order valence-corrected chi connectivity index (χ1v) is 11.7. The molecular weight excluding hydrogens is 442 g/mol. The zero-order valence-corrected chi connectivity index (χ0v) is 20.1. The third-order valence-corrected chi connectivity index (χ3v) is 6.05. The smallest absolute Gasteiger partial charge is 0.300 e. The van der Waals surface area contributed by atoms with Gasteiger partial charge in [0.25, 0.3) is 11.7 Å². The molecule has 0 aromatic heterocycles. The van der Waals surface area contributed by atoms with Crippen LogP contribution in [0, 0.1) is 0 Å². The number of hydrogen-bond donors (Lipinski definition) is 2. The number of Topliss-reactive ketones (excluding diaryl/α,β-unsaturated/α-hetero) is 1. The lowest BCUT2D eigenvalue weighted by Gasteiger charge is -2.26. The summed E-state index contributed by atoms with van der Waals surface area (Å²) in [6.45, 7) is 6.66. The molecule has 1 unspecified atom stereocenters. The summed E-state index contributed by atoms with van der Waals surface area (Å²) in [5, 5.41) is 21.4. The standard InChI is InChI=1S/C29H29NO5/c1-4-15-35-24-10-6-8-21(17-24)27(32)25-26(20-7-5-9-23(31)16-20)30(29(34)28(25)33)22-13-11-19(12-14-22)18(2)3/h5-14,16-18,26,31-32H,4,15H2,1-3H3/b27-25-. The van der Waals surface area contributed by atoms with Crippen LogP contribution in [0.25, 0.3) is 5.76 Å². The van der Waals surface area contributed by atoms with E-state index in [0.29, 0.717) is 35.1 Å². The van der Waals surface area contributed by atoms with Crippen LogP contribution in [0.15, 0.2) is 78.4 Å². The Morgan fingerprint density at radius 3 is 2.37 bits per heavy atom. The molecule has 6 heteroatoms. The average Bonchev–Trinajstić information content (AvgIpc) is 3.12. The molecule has 0 aliphatic carbocycles. The molecule has 4 rings (SSSR count). The predicted molar refractivity (Wildman–Crippen MR) is 136 cm³/mol. The van der Waals surface area contributed by atoms with Gasteiger partial charge in [0.15, 0.2) is 0 Å². The summed E-state index contributed by atoms with van der Waals surface area (Å²) >= 11 is 0. The Labute approximate surface area is 205 Å². The van der Waals surface area contributed by atoms with E-state index in [9.17, 15) is 19.8 Å². The minimum Gasteiger partial charge on any atom is -0.508 e. The molecule has 0 radical (unpaired) electrons. The number of hydrogen-bond acceptors (Lipinski definition) is 5. The van der Waals surface area contributed by atoms with Crippen LogP contribution in [-0.4, -0.2) is 28.5 Å². The van der Waals surface area contributed by atoms with Crippen molar-refractivity contribution in [2.45, 2.75) is 39.2 Å². The number of phenolic OH excluding ortho intramolecular Hbond substituents is 1. The lowest BCUT2D eigenvalue weighted by atomic mass is 9.94. The first-order valence-electron chi connectivity index (χ1n) is 11.7. The molecular formula is C29H29NO5. The van der Waals surface area contributed by atoms with Crippen LogP contribution in [-0.2, 0) is 9.59 Å². The molecule has 35 heavy (non-hydrogen) atoms. The number of rotatable bonds is 7. The highest BCUT2D eigenvalue weighted by Crippen LogP contribution is 2.43. The summed E-state index contributed by atoms with van der Waals surface area (Å²) in [5.74, 6) is -0.954. The third-order valence-electron chi connectivity index (χ3n) is 6.05. The van der Waals surface area contributed by atoms with Crippen LogP contribution in [0.3, 0.4) is 0 Å². The monoisotopic (exact) mass is 471 g/mol. The molecule has 3 aromatic carbocycles. The number of nitrogens with zero attached hydrogens (tertiary/aromatic N) is 1. The van der Waals surface area contributed by atoms with Crippen molar-refractivity contribution in [3.05, 3.63) is 95.1 Å². The highest BCUT2D eigenvalue weighted by Gasteiger charge is 2.47. The number of aromatic hydroxyl groups is 1. The molecule has 6 nitrogen and oxygen atoms in total. The molecule has 2 N–H and O–H groups in total. The number of aliphatic hydroxyl groups excluding tert-OH is 1. The molecule has 1 aliphatic heterocycles. The van der Waals surface area contributed by atoms with Gasteiger partial charge in [0.1, 0.15) is 17.3 Å². The summed E-state index contributed by atoms with van der Waals surface area (Å²) in [7, 11) is 0. The molecule has 1 amide bonds. The van der Waals surface area contributed by atoms with Gasteiger partial charge in [-0.1, -0.05) is 57.2 Å². The van der Waals surface area contributed by atoms with E-state index >= 15 is 0 Å². The normalized spacial score (nSPS) is 17.3. The molecule has 1 saturated heterocycles. The number of ether oxygens (including phenoxy) is 1. The van der Waals surface area contributed by atoms with E-state index in [2.05, 4.69) is 13.8 Å². The maximum absolute atomic E-state index is 13.3. The Hall–Kier alpha value is -4.06. The highest BCUT2D eigenvalue weighted by molar-refractivity contribution is 6.51. The van der Waals surface area contributed by atoms with Crippen molar-refractivity contribution < 1.29 is 24.5 Å². The van der Waals surface area contributed by atoms with Gasteiger partial charge in [0, 0.05) is 11.3 Å². The Bertz CT molecular complexity index is 1280. The van der Waals surface area contributed by atoms with Gasteiger partial charge in [-0.05, 0) is 59.9 Å². The molecule has 3 aromatic rings. The largest absolute Gasteiger partial charge is 0.508 e. The van der Waals surface area contributed by atoms with Gasteiger partial charge in [-0.3, -0.25) is 14.5 Å². The van der Waals surface area contributed by atoms with E-state index in [1.807, 2.05) is 19.1 Å². The minimum atomic E-state index is -0.910. The molecule has 1 fully saturated rings.